The van der Waals surface area contributed by atoms with E-state index in [1.165, 1.54) is 24.3 Å². The van der Waals surface area contributed by atoms with Gasteiger partial charge < -0.3 is 9.47 Å². The van der Waals surface area contributed by atoms with Crippen molar-refractivity contribution < 1.29 is 23.5 Å². The zero-order valence-corrected chi connectivity index (χ0v) is 14.8. The average molecular weight is 392 g/mol. The molecule has 1 fully saturated rings. The van der Waals surface area contributed by atoms with Gasteiger partial charge in [0, 0.05) is 11.1 Å². The highest BCUT2D eigenvalue weighted by Gasteiger charge is 2.35. The molecule has 2 aromatic rings. The highest BCUT2D eigenvalue weighted by Crippen LogP contribution is 2.39. The Hall–Kier alpha value is -2.51. The number of fused-ring (bicyclic) bond motifs is 1. The van der Waals surface area contributed by atoms with E-state index in [0.29, 0.717) is 27.6 Å². The molecule has 0 N–H and O–H groups in total. The van der Waals surface area contributed by atoms with E-state index >= 15 is 0 Å². The predicted octanol–water partition coefficient (Wildman–Crippen LogP) is 4.44. The number of carbonyl (C=O) groups is 2. The van der Waals surface area contributed by atoms with Crippen molar-refractivity contribution in [2.75, 3.05) is 6.79 Å². The van der Waals surface area contributed by atoms with Gasteiger partial charge in [0.1, 0.15) is 5.82 Å². The summed E-state index contributed by atoms with van der Waals surface area (Å²) in [5.74, 6) is 0.189. The highest BCUT2D eigenvalue weighted by atomic mass is 35.5. The lowest BCUT2D eigenvalue weighted by Gasteiger charge is -2.14. The van der Waals surface area contributed by atoms with Crippen molar-refractivity contribution in [3.8, 4) is 11.5 Å². The topological polar surface area (TPSA) is 55.8 Å². The minimum atomic E-state index is -0.446. The van der Waals surface area contributed by atoms with Gasteiger partial charge in [-0.1, -0.05) is 23.7 Å². The molecule has 5 nitrogen and oxygen atoms in total. The van der Waals surface area contributed by atoms with E-state index < -0.39 is 17.0 Å². The molecule has 132 valence electrons. The summed E-state index contributed by atoms with van der Waals surface area (Å²) in [4.78, 5) is 26.2. The molecule has 0 unspecified atom stereocenters. The number of halogens is 2. The molecule has 2 aromatic carbocycles. The second-order valence-corrected chi connectivity index (χ2v) is 7.02. The number of hydrogen-bond donors (Lipinski definition) is 0. The van der Waals surface area contributed by atoms with Crippen LogP contribution in [0, 0.1) is 5.82 Å². The first-order valence-corrected chi connectivity index (χ1v) is 8.79. The van der Waals surface area contributed by atoms with E-state index in [0.717, 1.165) is 16.7 Å². The molecule has 0 radical (unpaired) electrons. The van der Waals surface area contributed by atoms with Crippen molar-refractivity contribution in [1.82, 2.24) is 4.90 Å². The number of hydrogen-bond acceptors (Lipinski definition) is 5. The van der Waals surface area contributed by atoms with Crippen LogP contribution in [0.25, 0.3) is 6.08 Å². The summed E-state index contributed by atoms with van der Waals surface area (Å²) in [6.45, 7) is 0.119. The Kier molecular flexibility index (Phi) is 4.34. The number of ether oxygens (including phenoxy) is 2. The molecular weight excluding hydrogens is 381 g/mol. The fourth-order valence-electron chi connectivity index (χ4n) is 2.63. The molecule has 0 atom stereocenters. The Balaban J connectivity index is 1.59. The summed E-state index contributed by atoms with van der Waals surface area (Å²) in [6, 6.07) is 9.06. The fraction of sp³-hybridized carbons (Fsp3) is 0.111. The van der Waals surface area contributed by atoms with Gasteiger partial charge in [0.15, 0.2) is 11.5 Å². The first-order valence-electron chi connectivity index (χ1n) is 7.60. The van der Waals surface area contributed by atoms with Crippen LogP contribution in [0.3, 0.4) is 0 Å². The van der Waals surface area contributed by atoms with Crippen molar-refractivity contribution in [1.29, 1.82) is 0 Å². The van der Waals surface area contributed by atoms with Crippen LogP contribution >= 0.6 is 23.4 Å². The van der Waals surface area contributed by atoms with Gasteiger partial charge in [0.25, 0.3) is 11.1 Å². The fourth-order valence-corrected chi connectivity index (χ4v) is 3.69. The zero-order chi connectivity index (χ0) is 18.3. The van der Waals surface area contributed by atoms with E-state index in [-0.39, 0.29) is 18.2 Å². The third-order valence-corrected chi connectivity index (χ3v) is 5.15. The zero-order valence-electron chi connectivity index (χ0n) is 13.2. The maximum absolute atomic E-state index is 13.3. The third kappa shape index (κ3) is 3.15. The number of nitrogens with zero attached hydrogens (tertiary/aromatic N) is 1. The Morgan fingerprint density at radius 1 is 1.19 bits per heavy atom. The van der Waals surface area contributed by atoms with Gasteiger partial charge in [-0.3, -0.25) is 14.5 Å². The number of benzene rings is 2. The summed E-state index contributed by atoms with van der Waals surface area (Å²) >= 11 is 7.03. The van der Waals surface area contributed by atoms with E-state index in [4.69, 9.17) is 21.1 Å². The molecule has 0 saturated carbocycles. The van der Waals surface area contributed by atoms with Crippen LogP contribution in [0.5, 0.6) is 11.5 Å². The Bertz CT molecular complexity index is 962. The minimum absolute atomic E-state index is 0.0145. The average Bonchev–Trinajstić information content (AvgIpc) is 3.14. The van der Waals surface area contributed by atoms with Gasteiger partial charge in [-0.05, 0) is 47.2 Å². The normalized spacial score (nSPS) is 17.5. The molecule has 0 spiro atoms. The van der Waals surface area contributed by atoms with Gasteiger partial charge in [-0.25, -0.2) is 4.39 Å². The van der Waals surface area contributed by atoms with Crippen LogP contribution in [0.4, 0.5) is 9.18 Å². The number of thioether (sulfide) groups is 1. The van der Waals surface area contributed by atoms with Crippen LogP contribution in [0.15, 0.2) is 41.3 Å². The monoisotopic (exact) mass is 391 g/mol. The highest BCUT2D eigenvalue weighted by molar-refractivity contribution is 8.18. The number of imide groups is 1. The summed E-state index contributed by atoms with van der Waals surface area (Å²) in [6.07, 6.45) is 1.50. The van der Waals surface area contributed by atoms with E-state index in [1.54, 1.807) is 18.2 Å². The molecule has 2 amide bonds. The van der Waals surface area contributed by atoms with Gasteiger partial charge >= 0.3 is 0 Å². The summed E-state index contributed by atoms with van der Waals surface area (Å²) < 4.78 is 23.8. The molecule has 2 heterocycles. The van der Waals surface area contributed by atoms with Gasteiger partial charge in [0.2, 0.25) is 6.79 Å². The SMILES string of the molecule is O=C1S/C(=C/c2cccc(F)c2)C(=O)N1Cc1cc2c(cc1Cl)OCO2. The second kappa shape index (κ2) is 6.66. The van der Waals surface area contributed by atoms with Crippen molar-refractivity contribution in [2.24, 2.45) is 0 Å². The lowest BCUT2D eigenvalue weighted by molar-refractivity contribution is -0.123. The van der Waals surface area contributed by atoms with Crippen molar-refractivity contribution in [2.45, 2.75) is 6.54 Å². The molecule has 1 saturated heterocycles. The van der Waals surface area contributed by atoms with Crippen LogP contribution in [0.2, 0.25) is 5.02 Å². The van der Waals surface area contributed by atoms with Crippen LogP contribution in [-0.4, -0.2) is 22.8 Å². The smallest absolute Gasteiger partial charge is 0.293 e. The maximum atomic E-state index is 13.3. The van der Waals surface area contributed by atoms with Crippen molar-refractivity contribution in [3.63, 3.8) is 0 Å². The summed E-state index contributed by atoms with van der Waals surface area (Å²) in [5.41, 5.74) is 1.09. The molecule has 26 heavy (non-hydrogen) atoms. The predicted molar refractivity (Wildman–Crippen MR) is 95.5 cm³/mol. The number of rotatable bonds is 3. The summed E-state index contributed by atoms with van der Waals surface area (Å²) in [7, 11) is 0. The van der Waals surface area contributed by atoms with Gasteiger partial charge in [0.05, 0.1) is 11.4 Å². The Labute approximate surface area is 157 Å². The molecular formula is C18H11ClFNO4S. The maximum Gasteiger partial charge on any atom is 0.293 e. The first-order chi connectivity index (χ1) is 12.5. The molecule has 2 aliphatic heterocycles. The minimum Gasteiger partial charge on any atom is -0.454 e. The van der Waals surface area contributed by atoms with Gasteiger partial charge in [-0.15, -0.1) is 0 Å². The lowest BCUT2D eigenvalue weighted by Crippen LogP contribution is -2.27. The molecule has 4 rings (SSSR count). The first kappa shape index (κ1) is 16.9. The molecule has 0 aromatic heterocycles. The van der Waals surface area contributed by atoms with Crippen LogP contribution in [0.1, 0.15) is 11.1 Å². The van der Waals surface area contributed by atoms with Crippen LogP contribution in [-0.2, 0) is 11.3 Å². The lowest BCUT2D eigenvalue weighted by atomic mass is 10.1. The molecule has 0 aliphatic carbocycles. The van der Waals surface area contributed by atoms with Crippen molar-refractivity contribution >= 4 is 40.6 Å². The largest absolute Gasteiger partial charge is 0.454 e. The van der Waals surface area contributed by atoms with Gasteiger partial charge in [-0.2, -0.15) is 0 Å². The third-order valence-electron chi connectivity index (χ3n) is 3.89. The second-order valence-electron chi connectivity index (χ2n) is 5.62. The quantitative estimate of drug-likeness (QED) is 0.724. The number of carbonyl (C=O) groups excluding carboxylic acids is 2. The molecule has 2 aliphatic rings. The van der Waals surface area contributed by atoms with Crippen LogP contribution < -0.4 is 9.47 Å². The standard InChI is InChI=1S/C18H11ClFNO4S/c19-13-7-15-14(24-9-25-15)6-11(13)8-21-17(22)16(26-18(21)23)5-10-2-1-3-12(20)4-10/h1-7H,8-9H2/b16-5+. The van der Waals surface area contributed by atoms with Crippen molar-refractivity contribution in [3.05, 3.63) is 63.3 Å². The van der Waals surface area contributed by atoms with E-state index in [2.05, 4.69) is 0 Å². The Morgan fingerprint density at radius 3 is 2.73 bits per heavy atom. The Morgan fingerprint density at radius 2 is 1.96 bits per heavy atom. The van der Waals surface area contributed by atoms with E-state index in [1.807, 2.05) is 0 Å². The molecule has 8 heteroatoms. The van der Waals surface area contributed by atoms with E-state index in [9.17, 15) is 14.0 Å². The molecule has 0 bridgehead atoms. The summed E-state index contributed by atoms with van der Waals surface area (Å²) in [5, 5.41) is -0.0335. The number of amides is 2.